The minimum absolute atomic E-state index is 0.0500. The van der Waals surface area contributed by atoms with Crippen LogP contribution in [0, 0.1) is 12.3 Å². The minimum atomic E-state index is -4.58. The zero-order chi connectivity index (χ0) is 17.2. The summed E-state index contributed by atoms with van der Waals surface area (Å²) < 4.78 is 39.7. The third kappa shape index (κ3) is 3.58. The number of rotatable bonds is 3. The predicted octanol–water partition coefficient (Wildman–Crippen LogP) is 3.40. The van der Waals surface area contributed by atoms with Gasteiger partial charge in [-0.15, -0.1) is 0 Å². The van der Waals surface area contributed by atoms with Gasteiger partial charge in [0.1, 0.15) is 0 Å². The molecule has 23 heavy (non-hydrogen) atoms. The molecule has 5 nitrogen and oxygen atoms in total. The highest BCUT2D eigenvalue weighted by atomic mass is 19.4. The Kier molecular flexibility index (Phi) is 4.53. The molecular weight excluding hydrogens is 307 g/mol. The number of hydrogen-bond acceptors (Lipinski definition) is 3. The van der Waals surface area contributed by atoms with Crippen LogP contribution in [0.2, 0.25) is 0 Å². The van der Waals surface area contributed by atoms with Crippen molar-refractivity contribution in [2.24, 2.45) is 5.73 Å². The number of aromatic nitrogens is 2. The predicted molar refractivity (Wildman–Crippen MR) is 81.6 cm³/mol. The van der Waals surface area contributed by atoms with Crippen molar-refractivity contribution in [3.63, 3.8) is 0 Å². The van der Waals surface area contributed by atoms with E-state index in [9.17, 15) is 13.2 Å². The smallest absolute Gasteiger partial charge is 0.369 e. The normalized spacial score (nSPS) is 11.3. The first kappa shape index (κ1) is 16.7. The van der Waals surface area contributed by atoms with Gasteiger partial charge in [-0.05, 0) is 31.5 Å². The molecule has 0 aliphatic rings. The third-order valence-electron chi connectivity index (χ3n) is 3.15. The van der Waals surface area contributed by atoms with E-state index in [1.165, 1.54) is 18.2 Å². The Bertz CT molecular complexity index is 727. The molecule has 2 rings (SSSR count). The Morgan fingerprint density at radius 2 is 1.91 bits per heavy atom. The Labute approximate surface area is 131 Å². The van der Waals surface area contributed by atoms with E-state index in [2.05, 4.69) is 9.97 Å². The molecule has 0 unspecified atom stereocenters. The van der Waals surface area contributed by atoms with Crippen LogP contribution in [0.25, 0.3) is 0 Å². The number of halogens is 3. The Hall–Kier alpha value is -2.64. The maximum Gasteiger partial charge on any atom is 0.418 e. The van der Waals surface area contributed by atoms with Gasteiger partial charge in [-0.25, -0.2) is 14.9 Å². The number of aryl methyl sites for hydroxylation is 2. The van der Waals surface area contributed by atoms with Gasteiger partial charge in [0.2, 0.25) is 5.95 Å². The van der Waals surface area contributed by atoms with Crippen LogP contribution in [0.1, 0.15) is 23.9 Å². The summed E-state index contributed by atoms with van der Waals surface area (Å²) >= 11 is 0. The number of hydrogen-bond donors (Lipinski definition) is 2. The Balaban J connectivity index is 2.66. The summed E-state index contributed by atoms with van der Waals surface area (Å²) in [5, 5.41) is 7.68. The van der Waals surface area contributed by atoms with Gasteiger partial charge in [0, 0.05) is 11.4 Å². The molecule has 0 amide bonds. The van der Waals surface area contributed by atoms with Crippen LogP contribution in [0.3, 0.4) is 0 Å². The minimum Gasteiger partial charge on any atom is -0.369 e. The van der Waals surface area contributed by atoms with E-state index in [0.717, 1.165) is 11.0 Å². The van der Waals surface area contributed by atoms with Gasteiger partial charge in [0.15, 0.2) is 5.96 Å². The molecule has 0 radical (unpaired) electrons. The van der Waals surface area contributed by atoms with Crippen molar-refractivity contribution in [1.82, 2.24) is 9.97 Å². The van der Waals surface area contributed by atoms with Gasteiger partial charge in [0.05, 0.1) is 11.3 Å². The van der Waals surface area contributed by atoms with Gasteiger partial charge in [-0.2, -0.15) is 13.2 Å². The van der Waals surface area contributed by atoms with Gasteiger partial charge >= 0.3 is 6.18 Å². The molecule has 0 saturated carbocycles. The summed E-state index contributed by atoms with van der Waals surface area (Å²) in [4.78, 5) is 9.23. The van der Waals surface area contributed by atoms with Gasteiger partial charge in [-0.1, -0.05) is 19.1 Å². The van der Waals surface area contributed by atoms with Crippen molar-refractivity contribution in [3.8, 4) is 0 Å². The highest BCUT2D eigenvalue weighted by Gasteiger charge is 2.36. The zero-order valence-corrected chi connectivity index (χ0v) is 12.6. The molecule has 0 aliphatic carbocycles. The Morgan fingerprint density at radius 1 is 1.26 bits per heavy atom. The molecule has 8 heteroatoms. The lowest BCUT2D eigenvalue weighted by Crippen LogP contribution is -2.35. The molecule has 1 aromatic heterocycles. The van der Waals surface area contributed by atoms with Crippen LogP contribution in [0.15, 0.2) is 30.3 Å². The molecule has 1 heterocycles. The molecule has 0 bridgehead atoms. The van der Waals surface area contributed by atoms with Crippen molar-refractivity contribution < 1.29 is 13.2 Å². The molecule has 122 valence electrons. The first-order chi connectivity index (χ1) is 10.7. The topological polar surface area (TPSA) is 78.9 Å². The zero-order valence-electron chi connectivity index (χ0n) is 12.6. The maximum absolute atomic E-state index is 13.2. The molecule has 0 saturated heterocycles. The van der Waals surface area contributed by atoms with Gasteiger partial charge in [0.25, 0.3) is 0 Å². The fraction of sp³-hybridized carbons (Fsp3) is 0.267. The van der Waals surface area contributed by atoms with E-state index in [0.29, 0.717) is 17.8 Å². The van der Waals surface area contributed by atoms with E-state index in [1.54, 1.807) is 13.0 Å². The largest absolute Gasteiger partial charge is 0.418 e. The quantitative estimate of drug-likeness (QED) is 0.670. The van der Waals surface area contributed by atoms with Crippen molar-refractivity contribution in [3.05, 3.63) is 47.3 Å². The molecule has 2 aromatic rings. The SMILES string of the molecule is CCc1cc(C)nc(N(C(=N)N)c2ccccc2C(F)(F)F)n1. The fourth-order valence-corrected chi connectivity index (χ4v) is 2.15. The number of nitrogens with one attached hydrogen (secondary N) is 1. The number of benzene rings is 1. The lowest BCUT2D eigenvalue weighted by Gasteiger charge is -2.24. The van der Waals surface area contributed by atoms with Crippen LogP contribution < -0.4 is 10.6 Å². The van der Waals surface area contributed by atoms with Crippen LogP contribution >= 0.6 is 0 Å². The number of para-hydroxylation sites is 1. The number of guanidine groups is 1. The van der Waals surface area contributed by atoms with Crippen molar-refractivity contribution in [2.45, 2.75) is 26.4 Å². The van der Waals surface area contributed by atoms with Crippen LogP contribution in [-0.4, -0.2) is 15.9 Å². The van der Waals surface area contributed by atoms with E-state index >= 15 is 0 Å². The molecule has 0 fully saturated rings. The van der Waals surface area contributed by atoms with Crippen molar-refractivity contribution in [2.75, 3.05) is 4.90 Å². The van der Waals surface area contributed by atoms with Crippen LogP contribution in [0.5, 0.6) is 0 Å². The highest BCUT2D eigenvalue weighted by Crippen LogP contribution is 2.38. The van der Waals surface area contributed by atoms with E-state index in [1.807, 2.05) is 6.92 Å². The summed E-state index contributed by atoms with van der Waals surface area (Å²) in [6.45, 7) is 3.58. The average Bonchev–Trinajstić information content (AvgIpc) is 2.46. The summed E-state index contributed by atoms with van der Waals surface area (Å²) in [6, 6.07) is 6.62. The summed E-state index contributed by atoms with van der Waals surface area (Å²) in [6.07, 6.45) is -4.00. The molecule has 1 aromatic carbocycles. The van der Waals surface area contributed by atoms with Gasteiger partial charge in [-0.3, -0.25) is 5.41 Å². The fourth-order valence-electron chi connectivity index (χ4n) is 2.15. The molecule has 0 spiro atoms. The first-order valence-electron chi connectivity index (χ1n) is 6.89. The summed E-state index contributed by atoms with van der Waals surface area (Å²) in [5.41, 5.74) is 5.58. The van der Waals surface area contributed by atoms with Gasteiger partial charge < -0.3 is 5.73 Å². The second kappa shape index (κ2) is 6.23. The van der Waals surface area contributed by atoms with Crippen LogP contribution in [-0.2, 0) is 12.6 Å². The molecule has 0 atom stereocenters. The number of alkyl halides is 3. The first-order valence-corrected chi connectivity index (χ1v) is 6.89. The van der Waals surface area contributed by atoms with E-state index < -0.39 is 17.7 Å². The van der Waals surface area contributed by atoms with Crippen molar-refractivity contribution in [1.29, 1.82) is 5.41 Å². The Morgan fingerprint density at radius 3 is 2.48 bits per heavy atom. The number of nitrogens with two attached hydrogens (primary N) is 1. The standard InChI is InChI=1S/C15H16F3N5/c1-3-10-8-9(2)21-14(22-10)23(13(19)20)12-7-5-4-6-11(12)15(16,17)18/h4-8H,3H2,1-2H3,(H3,19,20). The number of nitrogens with zero attached hydrogens (tertiary/aromatic N) is 3. The lowest BCUT2D eigenvalue weighted by atomic mass is 10.1. The summed E-state index contributed by atoms with van der Waals surface area (Å²) in [7, 11) is 0. The van der Waals surface area contributed by atoms with E-state index in [-0.39, 0.29) is 11.6 Å². The molecular formula is C15H16F3N5. The van der Waals surface area contributed by atoms with Crippen LogP contribution in [0.4, 0.5) is 24.8 Å². The van der Waals surface area contributed by atoms with E-state index in [4.69, 9.17) is 11.1 Å². The monoisotopic (exact) mass is 323 g/mol. The second-order valence-electron chi connectivity index (χ2n) is 4.89. The third-order valence-corrected chi connectivity index (χ3v) is 3.15. The maximum atomic E-state index is 13.2. The second-order valence-corrected chi connectivity index (χ2v) is 4.89. The lowest BCUT2D eigenvalue weighted by molar-refractivity contribution is -0.137. The molecule has 3 N–H and O–H groups in total. The van der Waals surface area contributed by atoms with Crippen molar-refractivity contribution >= 4 is 17.6 Å². The highest BCUT2D eigenvalue weighted by molar-refractivity contribution is 5.99. The number of anilines is 2. The molecule has 0 aliphatic heterocycles. The summed E-state index contributed by atoms with van der Waals surface area (Å²) in [5.74, 6) is -0.639. The average molecular weight is 323 g/mol.